The molecule has 1 aromatic carbocycles. The van der Waals surface area contributed by atoms with Gasteiger partial charge in [-0.25, -0.2) is 4.98 Å². The van der Waals surface area contributed by atoms with E-state index in [1.165, 1.54) is 11.3 Å². The van der Waals surface area contributed by atoms with Crippen molar-refractivity contribution in [3.05, 3.63) is 40.7 Å². The standard InChI is InChI=1S/C19H20N2O3S/c22-17-10-14(19(24-17)8-4-5-9-19)18(23)20-11-16-21-15(12-25-16)13-6-2-1-3-7-13/h1-3,6-7,12,14H,4-5,8-11H2,(H,20,23)/t14-/m0/s1. The van der Waals surface area contributed by atoms with Gasteiger partial charge in [0.1, 0.15) is 10.6 Å². The fourth-order valence-electron chi connectivity index (χ4n) is 3.87. The largest absolute Gasteiger partial charge is 0.458 e. The van der Waals surface area contributed by atoms with Gasteiger partial charge in [-0.1, -0.05) is 30.3 Å². The average Bonchev–Trinajstić information content (AvgIpc) is 3.35. The molecule has 1 spiro atoms. The number of hydrogen-bond donors (Lipinski definition) is 1. The molecule has 4 rings (SSSR count). The summed E-state index contributed by atoms with van der Waals surface area (Å²) in [5.41, 5.74) is 1.43. The van der Waals surface area contributed by atoms with E-state index in [1.807, 2.05) is 35.7 Å². The molecule has 2 fully saturated rings. The number of aromatic nitrogens is 1. The summed E-state index contributed by atoms with van der Waals surface area (Å²) in [5, 5.41) is 5.81. The Labute approximate surface area is 150 Å². The summed E-state index contributed by atoms with van der Waals surface area (Å²) >= 11 is 1.53. The molecule has 0 bridgehead atoms. The second kappa shape index (κ2) is 6.59. The first kappa shape index (κ1) is 16.3. The molecule has 130 valence electrons. The minimum atomic E-state index is -0.556. The number of rotatable bonds is 4. The molecule has 1 saturated heterocycles. The van der Waals surface area contributed by atoms with E-state index in [9.17, 15) is 9.59 Å². The molecule has 2 heterocycles. The SMILES string of the molecule is O=C1C[C@@H](C(=O)NCc2nc(-c3ccccc3)cs2)C2(CCCC2)O1. The van der Waals surface area contributed by atoms with Crippen LogP contribution in [-0.4, -0.2) is 22.5 Å². The highest BCUT2D eigenvalue weighted by Gasteiger charge is 2.53. The average molecular weight is 356 g/mol. The first-order valence-corrected chi connectivity index (χ1v) is 9.54. The number of thiazole rings is 1. The molecule has 1 aromatic heterocycles. The van der Waals surface area contributed by atoms with Crippen LogP contribution < -0.4 is 5.32 Å². The van der Waals surface area contributed by atoms with Gasteiger partial charge >= 0.3 is 5.97 Å². The van der Waals surface area contributed by atoms with Gasteiger partial charge in [-0.05, 0) is 25.7 Å². The molecule has 2 aliphatic rings. The fourth-order valence-corrected chi connectivity index (χ4v) is 4.61. The van der Waals surface area contributed by atoms with Crippen molar-refractivity contribution in [1.82, 2.24) is 10.3 Å². The third kappa shape index (κ3) is 3.18. The highest BCUT2D eigenvalue weighted by atomic mass is 32.1. The van der Waals surface area contributed by atoms with E-state index in [0.29, 0.717) is 6.54 Å². The van der Waals surface area contributed by atoms with E-state index in [2.05, 4.69) is 10.3 Å². The Hall–Kier alpha value is -2.21. The Kier molecular flexibility index (Phi) is 4.29. The fraction of sp³-hybridized carbons (Fsp3) is 0.421. The maximum absolute atomic E-state index is 12.6. The summed E-state index contributed by atoms with van der Waals surface area (Å²) in [4.78, 5) is 29.0. The summed E-state index contributed by atoms with van der Waals surface area (Å²) in [7, 11) is 0. The number of ether oxygens (including phenoxy) is 1. The number of nitrogens with one attached hydrogen (secondary N) is 1. The molecule has 1 aliphatic heterocycles. The number of carbonyl (C=O) groups is 2. The Balaban J connectivity index is 1.41. The Morgan fingerprint density at radius 1 is 1.28 bits per heavy atom. The predicted octanol–water partition coefficient (Wildman–Crippen LogP) is 3.30. The van der Waals surface area contributed by atoms with Crippen LogP contribution in [0.3, 0.4) is 0 Å². The van der Waals surface area contributed by atoms with E-state index >= 15 is 0 Å². The van der Waals surface area contributed by atoms with Gasteiger partial charge in [0.05, 0.1) is 24.6 Å². The van der Waals surface area contributed by atoms with Crippen molar-refractivity contribution in [2.75, 3.05) is 0 Å². The van der Waals surface area contributed by atoms with Crippen LogP contribution in [0.1, 0.15) is 37.1 Å². The molecule has 0 unspecified atom stereocenters. The zero-order valence-corrected chi connectivity index (χ0v) is 14.7. The van der Waals surface area contributed by atoms with Gasteiger partial charge in [0.2, 0.25) is 5.91 Å². The Bertz CT molecular complexity index is 781. The number of hydrogen-bond acceptors (Lipinski definition) is 5. The van der Waals surface area contributed by atoms with Crippen molar-refractivity contribution in [1.29, 1.82) is 0 Å². The van der Waals surface area contributed by atoms with Gasteiger partial charge in [-0.3, -0.25) is 9.59 Å². The van der Waals surface area contributed by atoms with Gasteiger partial charge in [0.25, 0.3) is 0 Å². The lowest BCUT2D eigenvalue weighted by Crippen LogP contribution is -2.42. The van der Waals surface area contributed by atoms with Crippen molar-refractivity contribution < 1.29 is 14.3 Å². The van der Waals surface area contributed by atoms with Crippen LogP contribution in [0.25, 0.3) is 11.3 Å². The van der Waals surface area contributed by atoms with E-state index in [4.69, 9.17) is 4.74 Å². The summed E-state index contributed by atoms with van der Waals surface area (Å²) < 4.78 is 5.54. The maximum atomic E-state index is 12.6. The smallest absolute Gasteiger partial charge is 0.307 e. The monoisotopic (exact) mass is 356 g/mol. The molecule has 0 radical (unpaired) electrons. The molecule has 1 saturated carbocycles. The number of carbonyl (C=O) groups excluding carboxylic acids is 2. The van der Waals surface area contributed by atoms with E-state index in [-0.39, 0.29) is 24.2 Å². The zero-order valence-electron chi connectivity index (χ0n) is 13.9. The van der Waals surface area contributed by atoms with Crippen molar-refractivity contribution >= 4 is 23.2 Å². The predicted molar refractivity (Wildman–Crippen MR) is 94.8 cm³/mol. The molecule has 1 N–H and O–H groups in total. The lowest BCUT2D eigenvalue weighted by Gasteiger charge is -2.27. The molecular weight excluding hydrogens is 336 g/mol. The maximum Gasteiger partial charge on any atom is 0.307 e. The highest BCUT2D eigenvalue weighted by Crippen LogP contribution is 2.45. The minimum absolute atomic E-state index is 0.0933. The third-order valence-electron chi connectivity index (χ3n) is 5.12. The highest BCUT2D eigenvalue weighted by molar-refractivity contribution is 7.09. The number of amides is 1. The van der Waals surface area contributed by atoms with Gasteiger partial charge in [0.15, 0.2) is 0 Å². The van der Waals surface area contributed by atoms with Crippen LogP contribution in [0.5, 0.6) is 0 Å². The topological polar surface area (TPSA) is 68.3 Å². The van der Waals surface area contributed by atoms with Crippen LogP contribution in [0.4, 0.5) is 0 Å². The van der Waals surface area contributed by atoms with Crippen molar-refractivity contribution in [2.45, 2.75) is 44.2 Å². The molecule has 1 aliphatic carbocycles. The van der Waals surface area contributed by atoms with Crippen LogP contribution in [0.2, 0.25) is 0 Å². The second-order valence-electron chi connectivity index (χ2n) is 6.71. The summed E-state index contributed by atoms with van der Waals surface area (Å²) in [5.74, 6) is -0.706. The minimum Gasteiger partial charge on any atom is -0.458 e. The third-order valence-corrected chi connectivity index (χ3v) is 5.97. The lowest BCUT2D eigenvalue weighted by atomic mass is 9.85. The van der Waals surface area contributed by atoms with Crippen molar-refractivity contribution in [3.63, 3.8) is 0 Å². The van der Waals surface area contributed by atoms with Crippen molar-refractivity contribution in [2.24, 2.45) is 5.92 Å². The summed E-state index contributed by atoms with van der Waals surface area (Å²) in [6.45, 7) is 0.386. The van der Waals surface area contributed by atoms with E-state index in [0.717, 1.165) is 41.9 Å². The normalized spacial score (nSPS) is 21.4. The van der Waals surface area contributed by atoms with E-state index in [1.54, 1.807) is 0 Å². The molecule has 6 heteroatoms. The number of nitrogens with zero attached hydrogens (tertiary/aromatic N) is 1. The Morgan fingerprint density at radius 3 is 2.80 bits per heavy atom. The molecule has 2 aromatic rings. The van der Waals surface area contributed by atoms with Crippen LogP contribution >= 0.6 is 11.3 Å². The van der Waals surface area contributed by atoms with Gasteiger partial charge in [-0.15, -0.1) is 11.3 Å². The number of esters is 1. The molecule has 5 nitrogen and oxygen atoms in total. The first-order valence-electron chi connectivity index (χ1n) is 8.66. The first-order chi connectivity index (χ1) is 12.2. The number of benzene rings is 1. The molecular formula is C19H20N2O3S. The lowest BCUT2D eigenvalue weighted by molar-refractivity contribution is -0.149. The van der Waals surface area contributed by atoms with E-state index < -0.39 is 5.60 Å². The molecule has 25 heavy (non-hydrogen) atoms. The van der Waals surface area contributed by atoms with Crippen LogP contribution in [0, 0.1) is 5.92 Å². The second-order valence-corrected chi connectivity index (χ2v) is 7.66. The zero-order chi connectivity index (χ0) is 17.3. The van der Waals surface area contributed by atoms with Crippen LogP contribution in [-0.2, 0) is 20.9 Å². The van der Waals surface area contributed by atoms with Gasteiger partial charge < -0.3 is 10.1 Å². The van der Waals surface area contributed by atoms with Gasteiger partial charge in [-0.2, -0.15) is 0 Å². The molecule has 1 atom stereocenters. The quantitative estimate of drug-likeness (QED) is 0.854. The summed E-state index contributed by atoms with van der Waals surface area (Å²) in [6, 6.07) is 9.97. The van der Waals surface area contributed by atoms with Crippen LogP contribution in [0.15, 0.2) is 35.7 Å². The summed E-state index contributed by atoms with van der Waals surface area (Å²) in [6.07, 6.45) is 3.82. The van der Waals surface area contributed by atoms with Crippen molar-refractivity contribution in [3.8, 4) is 11.3 Å². The van der Waals surface area contributed by atoms with Gasteiger partial charge in [0, 0.05) is 10.9 Å². The molecule has 1 amide bonds. The Morgan fingerprint density at radius 2 is 2.04 bits per heavy atom.